The van der Waals surface area contributed by atoms with E-state index in [0.29, 0.717) is 4.90 Å². The van der Waals surface area contributed by atoms with Crippen LogP contribution in [0.4, 0.5) is 0 Å². The van der Waals surface area contributed by atoms with Crippen LogP contribution in [0.25, 0.3) is 0 Å². The number of fused-ring (bicyclic) bond motifs is 2. The first kappa shape index (κ1) is 17.3. The van der Waals surface area contributed by atoms with Crippen LogP contribution in [0.15, 0.2) is 80.2 Å². The molecule has 0 N–H and O–H groups in total. The van der Waals surface area contributed by atoms with Crippen molar-refractivity contribution in [2.24, 2.45) is 0 Å². The van der Waals surface area contributed by atoms with Crippen molar-refractivity contribution in [2.45, 2.75) is 26.5 Å². The van der Waals surface area contributed by atoms with Gasteiger partial charge in [-0.1, -0.05) is 53.2 Å². The molecule has 26 heavy (non-hydrogen) atoms. The fourth-order valence-electron chi connectivity index (χ4n) is 2.94. The van der Waals surface area contributed by atoms with E-state index in [1.54, 1.807) is 24.3 Å². The summed E-state index contributed by atoms with van der Waals surface area (Å²) in [5.74, 6) is -0.320. The molecule has 0 saturated carbocycles. The first-order valence-electron chi connectivity index (χ1n) is 7.85. The summed E-state index contributed by atoms with van der Waals surface area (Å²) < 4.78 is 26.1. The Morgan fingerprint density at radius 2 is 1.58 bits per heavy atom. The summed E-state index contributed by atoms with van der Waals surface area (Å²) in [5, 5.41) is 0.0935. The maximum absolute atomic E-state index is 13.1. The van der Waals surface area contributed by atoms with Crippen molar-refractivity contribution in [1.29, 1.82) is 0 Å². The molecular formula is C20H13ClO3S2. The van der Waals surface area contributed by atoms with Crippen molar-refractivity contribution in [3.63, 3.8) is 0 Å². The Balaban J connectivity index is 1.88. The number of carbonyl (C=O) groups is 1. The third kappa shape index (κ3) is 2.67. The molecule has 0 unspecified atom stereocenters. The highest BCUT2D eigenvalue weighted by molar-refractivity contribution is 7.99. The number of sulfone groups is 1. The van der Waals surface area contributed by atoms with Gasteiger partial charge in [0, 0.05) is 20.9 Å². The van der Waals surface area contributed by atoms with Crippen LogP contribution in [-0.4, -0.2) is 14.2 Å². The quantitative estimate of drug-likeness (QED) is 0.465. The molecule has 0 radical (unpaired) electrons. The first-order chi connectivity index (χ1) is 12.4. The topological polar surface area (TPSA) is 51.2 Å². The second kappa shape index (κ2) is 6.27. The lowest BCUT2D eigenvalue weighted by molar-refractivity contribution is 0.103. The zero-order chi connectivity index (χ0) is 18.5. The van der Waals surface area contributed by atoms with Gasteiger partial charge in [-0.05, 0) is 43.3 Å². The Labute approximate surface area is 160 Å². The van der Waals surface area contributed by atoms with E-state index in [2.05, 4.69) is 0 Å². The Kier molecular flexibility index (Phi) is 4.18. The molecule has 0 bridgehead atoms. The highest BCUT2D eigenvalue weighted by atomic mass is 35.5. The molecule has 130 valence electrons. The molecule has 0 amide bonds. The molecule has 1 aliphatic heterocycles. The Morgan fingerprint density at radius 1 is 0.885 bits per heavy atom. The molecule has 0 aliphatic carbocycles. The minimum Gasteiger partial charge on any atom is -0.289 e. The number of ketones is 1. The monoisotopic (exact) mass is 400 g/mol. The molecule has 0 fully saturated rings. The zero-order valence-electron chi connectivity index (χ0n) is 13.7. The van der Waals surface area contributed by atoms with Gasteiger partial charge in [0.05, 0.1) is 9.92 Å². The molecule has 3 nitrogen and oxygen atoms in total. The van der Waals surface area contributed by atoms with Crippen molar-refractivity contribution < 1.29 is 13.2 Å². The highest BCUT2D eigenvalue weighted by Gasteiger charge is 2.37. The van der Waals surface area contributed by atoms with Gasteiger partial charge < -0.3 is 0 Å². The van der Waals surface area contributed by atoms with Gasteiger partial charge in [-0.3, -0.25) is 4.79 Å². The number of hydrogen-bond acceptors (Lipinski definition) is 4. The van der Waals surface area contributed by atoms with Crippen LogP contribution >= 0.6 is 23.4 Å². The summed E-state index contributed by atoms with van der Waals surface area (Å²) in [6.45, 7) is 2.00. The minimum absolute atomic E-state index is 0.0110. The van der Waals surface area contributed by atoms with Crippen LogP contribution in [0.5, 0.6) is 0 Å². The molecule has 1 heterocycles. The van der Waals surface area contributed by atoms with Crippen LogP contribution in [0.3, 0.4) is 0 Å². The lowest BCUT2D eigenvalue weighted by Crippen LogP contribution is -2.20. The molecule has 0 spiro atoms. The Morgan fingerprint density at radius 3 is 2.31 bits per heavy atom. The SMILES string of the molecule is Cc1ccc(Sc2ccc3c(c2Cl)S(=O)(=O)c2ccccc2C3=O)cc1. The summed E-state index contributed by atoms with van der Waals surface area (Å²) in [6.07, 6.45) is 0. The molecule has 1 aliphatic rings. The number of carbonyl (C=O) groups excluding carboxylic acids is 1. The average molecular weight is 401 g/mol. The number of rotatable bonds is 2. The van der Waals surface area contributed by atoms with Crippen LogP contribution in [0, 0.1) is 6.92 Å². The lowest BCUT2D eigenvalue weighted by Gasteiger charge is -2.21. The van der Waals surface area contributed by atoms with E-state index in [-0.39, 0.29) is 31.7 Å². The third-order valence-corrected chi connectivity index (χ3v) is 7.83. The number of hydrogen-bond donors (Lipinski definition) is 0. The smallest absolute Gasteiger partial charge is 0.209 e. The van der Waals surface area contributed by atoms with Crippen LogP contribution in [0.1, 0.15) is 21.5 Å². The van der Waals surface area contributed by atoms with Gasteiger partial charge in [-0.15, -0.1) is 0 Å². The average Bonchev–Trinajstić information content (AvgIpc) is 2.63. The molecule has 4 rings (SSSR count). The van der Waals surface area contributed by atoms with Gasteiger partial charge in [0.1, 0.15) is 4.90 Å². The summed E-state index contributed by atoms with van der Waals surface area (Å²) in [5.41, 5.74) is 1.45. The van der Waals surface area contributed by atoms with Crippen LogP contribution in [-0.2, 0) is 9.84 Å². The molecule has 6 heteroatoms. The van der Waals surface area contributed by atoms with E-state index < -0.39 is 9.84 Å². The maximum Gasteiger partial charge on any atom is 0.209 e. The lowest BCUT2D eigenvalue weighted by atomic mass is 10.0. The van der Waals surface area contributed by atoms with Gasteiger partial charge in [0.25, 0.3) is 0 Å². The predicted octanol–water partition coefficient (Wildman–Crippen LogP) is 5.18. The van der Waals surface area contributed by atoms with Crippen molar-refractivity contribution in [2.75, 3.05) is 0 Å². The number of benzene rings is 3. The molecule has 0 atom stereocenters. The van der Waals surface area contributed by atoms with Gasteiger partial charge in [-0.2, -0.15) is 0 Å². The van der Waals surface area contributed by atoms with Crippen molar-refractivity contribution in [3.05, 3.63) is 82.4 Å². The van der Waals surface area contributed by atoms with E-state index >= 15 is 0 Å². The normalized spacial score (nSPS) is 14.6. The molecule has 3 aromatic rings. The largest absolute Gasteiger partial charge is 0.289 e. The summed E-state index contributed by atoms with van der Waals surface area (Å²) in [6, 6.07) is 17.3. The van der Waals surface area contributed by atoms with Gasteiger partial charge in [0.2, 0.25) is 9.84 Å². The Bertz CT molecular complexity index is 1150. The maximum atomic E-state index is 13.1. The molecule has 0 aromatic heterocycles. The van der Waals surface area contributed by atoms with E-state index in [1.165, 1.54) is 23.9 Å². The summed E-state index contributed by atoms with van der Waals surface area (Å²) in [4.78, 5) is 14.2. The third-order valence-electron chi connectivity index (χ3n) is 4.25. The van der Waals surface area contributed by atoms with E-state index in [1.807, 2.05) is 31.2 Å². The van der Waals surface area contributed by atoms with Crippen molar-refractivity contribution >= 4 is 39.0 Å². The second-order valence-corrected chi connectivity index (χ2v) is 9.35. The second-order valence-electron chi connectivity index (χ2n) is 6.00. The predicted molar refractivity (Wildman–Crippen MR) is 102 cm³/mol. The van der Waals surface area contributed by atoms with E-state index in [9.17, 15) is 13.2 Å². The van der Waals surface area contributed by atoms with E-state index in [0.717, 1.165) is 10.5 Å². The van der Waals surface area contributed by atoms with Crippen LogP contribution in [0.2, 0.25) is 5.02 Å². The standard InChI is InChI=1S/C20H13ClO3S2/c1-12-6-8-13(9-7-12)25-16-11-10-15-19(22)14-4-2-3-5-17(14)26(23,24)20(15)18(16)21/h2-11H,1H3. The molecule has 0 saturated heterocycles. The fourth-order valence-corrected chi connectivity index (χ4v) is 6.16. The summed E-state index contributed by atoms with van der Waals surface area (Å²) in [7, 11) is -3.85. The van der Waals surface area contributed by atoms with Gasteiger partial charge >= 0.3 is 0 Å². The van der Waals surface area contributed by atoms with Crippen LogP contribution < -0.4 is 0 Å². The fraction of sp³-hybridized carbons (Fsp3) is 0.0500. The number of aryl methyl sites for hydroxylation is 1. The minimum atomic E-state index is -3.85. The van der Waals surface area contributed by atoms with Gasteiger partial charge in [0.15, 0.2) is 5.78 Å². The zero-order valence-corrected chi connectivity index (χ0v) is 16.1. The van der Waals surface area contributed by atoms with Gasteiger partial charge in [-0.25, -0.2) is 8.42 Å². The molecular weight excluding hydrogens is 388 g/mol. The van der Waals surface area contributed by atoms with E-state index in [4.69, 9.17) is 11.6 Å². The van der Waals surface area contributed by atoms with Crippen molar-refractivity contribution in [3.8, 4) is 0 Å². The van der Waals surface area contributed by atoms with Crippen molar-refractivity contribution in [1.82, 2.24) is 0 Å². The number of halogens is 1. The highest BCUT2D eigenvalue weighted by Crippen LogP contribution is 2.43. The summed E-state index contributed by atoms with van der Waals surface area (Å²) >= 11 is 7.84. The molecule has 3 aromatic carbocycles. The Hall–Kier alpha value is -2.08. The first-order valence-corrected chi connectivity index (χ1v) is 10.5.